The molecule has 27 heavy (non-hydrogen) atoms. The second kappa shape index (κ2) is 8.57. The SMILES string of the molecule is C=Cc1ccc(Cn2c(C)c(CNC3CCCCC3)c(C(=O)O)c2C)cc1. The molecule has 4 nitrogen and oxygen atoms in total. The van der Waals surface area contributed by atoms with Gasteiger partial charge in [0.1, 0.15) is 0 Å². The molecule has 1 aliphatic carbocycles. The number of benzene rings is 1. The molecule has 1 aromatic carbocycles. The molecule has 2 aromatic rings. The van der Waals surface area contributed by atoms with Gasteiger partial charge in [0.15, 0.2) is 0 Å². The third-order valence-corrected chi connectivity index (χ3v) is 5.85. The summed E-state index contributed by atoms with van der Waals surface area (Å²) in [5, 5.41) is 13.4. The minimum Gasteiger partial charge on any atom is -0.478 e. The molecule has 0 aliphatic heterocycles. The number of nitrogens with one attached hydrogen (secondary N) is 1. The van der Waals surface area contributed by atoms with Crippen molar-refractivity contribution in [3.8, 4) is 0 Å². The molecule has 2 N–H and O–H groups in total. The Morgan fingerprint density at radius 1 is 1.19 bits per heavy atom. The van der Waals surface area contributed by atoms with Crippen LogP contribution in [0.3, 0.4) is 0 Å². The Labute approximate surface area is 161 Å². The number of nitrogens with zero attached hydrogens (tertiary/aromatic N) is 1. The predicted octanol–water partition coefficient (Wildman–Crippen LogP) is 4.92. The van der Waals surface area contributed by atoms with Gasteiger partial charge in [-0.15, -0.1) is 0 Å². The zero-order chi connectivity index (χ0) is 19.4. The molecule has 1 aliphatic rings. The van der Waals surface area contributed by atoms with E-state index in [1.807, 2.05) is 32.1 Å². The zero-order valence-corrected chi connectivity index (χ0v) is 16.4. The van der Waals surface area contributed by atoms with E-state index in [9.17, 15) is 9.90 Å². The molecule has 0 spiro atoms. The molecule has 144 valence electrons. The first kappa shape index (κ1) is 19.4. The predicted molar refractivity (Wildman–Crippen MR) is 110 cm³/mol. The highest BCUT2D eigenvalue weighted by molar-refractivity contribution is 5.91. The van der Waals surface area contributed by atoms with Gasteiger partial charge in [0.05, 0.1) is 5.56 Å². The molecule has 0 saturated heterocycles. The lowest BCUT2D eigenvalue weighted by atomic mass is 9.95. The van der Waals surface area contributed by atoms with Gasteiger partial charge >= 0.3 is 5.97 Å². The van der Waals surface area contributed by atoms with Gasteiger partial charge in [0.2, 0.25) is 0 Å². The number of rotatable bonds is 7. The summed E-state index contributed by atoms with van der Waals surface area (Å²) in [4.78, 5) is 11.9. The number of aromatic carboxylic acids is 1. The van der Waals surface area contributed by atoms with E-state index in [4.69, 9.17) is 0 Å². The highest BCUT2D eigenvalue weighted by atomic mass is 16.4. The Balaban J connectivity index is 1.85. The normalized spacial score (nSPS) is 15.0. The minimum absolute atomic E-state index is 0.457. The van der Waals surface area contributed by atoms with Crippen molar-refractivity contribution in [2.75, 3.05) is 0 Å². The molecule has 1 aromatic heterocycles. The van der Waals surface area contributed by atoms with Crippen LogP contribution in [0.4, 0.5) is 0 Å². The number of aromatic nitrogens is 1. The van der Waals surface area contributed by atoms with Gasteiger partial charge in [0.25, 0.3) is 0 Å². The number of hydrogen-bond acceptors (Lipinski definition) is 2. The van der Waals surface area contributed by atoms with Crippen molar-refractivity contribution in [1.82, 2.24) is 9.88 Å². The fourth-order valence-corrected chi connectivity index (χ4v) is 4.18. The first-order valence-corrected chi connectivity index (χ1v) is 9.88. The summed E-state index contributed by atoms with van der Waals surface area (Å²) in [6, 6.07) is 8.75. The largest absolute Gasteiger partial charge is 0.478 e. The maximum atomic E-state index is 11.9. The van der Waals surface area contributed by atoms with Crippen molar-refractivity contribution in [1.29, 1.82) is 0 Å². The highest BCUT2D eigenvalue weighted by Gasteiger charge is 2.23. The second-order valence-corrected chi connectivity index (χ2v) is 7.58. The van der Waals surface area contributed by atoms with Crippen LogP contribution in [0.5, 0.6) is 0 Å². The first-order valence-electron chi connectivity index (χ1n) is 9.88. The van der Waals surface area contributed by atoms with Crippen LogP contribution in [0.25, 0.3) is 6.08 Å². The van der Waals surface area contributed by atoms with E-state index in [2.05, 4.69) is 28.6 Å². The van der Waals surface area contributed by atoms with Crippen LogP contribution < -0.4 is 5.32 Å². The molecule has 0 atom stereocenters. The quantitative estimate of drug-likeness (QED) is 0.731. The average molecular weight is 367 g/mol. The summed E-state index contributed by atoms with van der Waals surface area (Å²) in [5.74, 6) is -0.836. The molecule has 0 unspecified atom stereocenters. The lowest BCUT2D eigenvalue weighted by molar-refractivity contribution is 0.0694. The Bertz CT molecular complexity index is 812. The lowest BCUT2D eigenvalue weighted by Crippen LogP contribution is -2.31. The summed E-state index contributed by atoms with van der Waals surface area (Å²) in [7, 11) is 0. The Kier molecular flexibility index (Phi) is 6.17. The summed E-state index contributed by atoms with van der Waals surface area (Å²) < 4.78 is 2.13. The zero-order valence-electron chi connectivity index (χ0n) is 16.4. The molecule has 0 amide bonds. The molecule has 1 fully saturated rings. The standard InChI is InChI=1S/C23H30N2O2/c1-4-18-10-12-19(13-11-18)15-25-16(2)21(22(17(25)3)23(26)27)14-24-20-8-6-5-7-9-20/h4,10-13,20,24H,1,5-9,14-15H2,2-3H3,(H,26,27). The summed E-state index contributed by atoms with van der Waals surface area (Å²) in [6.45, 7) is 9.05. The van der Waals surface area contributed by atoms with Crippen LogP contribution >= 0.6 is 0 Å². The molecular formula is C23H30N2O2. The van der Waals surface area contributed by atoms with Crippen molar-refractivity contribution in [2.45, 2.75) is 65.1 Å². The van der Waals surface area contributed by atoms with Gasteiger partial charge in [0, 0.05) is 36.1 Å². The lowest BCUT2D eigenvalue weighted by Gasteiger charge is -2.23. The Morgan fingerprint density at radius 2 is 1.85 bits per heavy atom. The molecule has 0 radical (unpaired) electrons. The van der Waals surface area contributed by atoms with Gasteiger partial charge in [-0.3, -0.25) is 0 Å². The molecule has 3 rings (SSSR count). The fraction of sp³-hybridized carbons (Fsp3) is 0.435. The average Bonchev–Trinajstić information content (AvgIpc) is 2.92. The number of carbonyl (C=O) groups is 1. The van der Waals surface area contributed by atoms with Crippen molar-refractivity contribution >= 4 is 12.0 Å². The van der Waals surface area contributed by atoms with E-state index in [0.717, 1.165) is 28.1 Å². The van der Waals surface area contributed by atoms with Crippen molar-refractivity contribution < 1.29 is 9.90 Å². The minimum atomic E-state index is -0.836. The number of carboxylic acids is 1. The van der Waals surface area contributed by atoms with Crippen LogP contribution in [0, 0.1) is 13.8 Å². The summed E-state index contributed by atoms with van der Waals surface area (Å²) in [5.41, 5.74) is 5.50. The second-order valence-electron chi connectivity index (χ2n) is 7.58. The van der Waals surface area contributed by atoms with E-state index in [1.165, 1.54) is 32.1 Å². The fourth-order valence-electron chi connectivity index (χ4n) is 4.18. The Morgan fingerprint density at radius 3 is 2.44 bits per heavy atom. The van der Waals surface area contributed by atoms with Crippen LogP contribution in [0.1, 0.15) is 70.5 Å². The van der Waals surface area contributed by atoms with Crippen molar-refractivity contribution in [3.05, 3.63) is 64.5 Å². The molecule has 1 heterocycles. The van der Waals surface area contributed by atoms with Crippen molar-refractivity contribution in [2.24, 2.45) is 0 Å². The van der Waals surface area contributed by atoms with Gasteiger partial charge in [-0.1, -0.05) is 56.2 Å². The molecule has 0 bridgehead atoms. The van der Waals surface area contributed by atoms with E-state index >= 15 is 0 Å². The number of hydrogen-bond donors (Lipinski definition) is 2. The first-order chi connectivity index (χ1) is 13.0. The van der Waals surface area contributed by atoms with Crippen LogP contribution in [-0.4, -0.2) is 21.7 Å². The van der Waals surface area contributed by atoms with Gasteiger partial charge in [-0.2, -0.15) is 0 Å². The topological polar surface area (TPSA) is 54.3 Å². The maximum absolute atomic E-state index is 11.9. The van der Waals surface area contributed by atoms with E-state index < -0.39 is 5.97 Å². The molecule has 4 heteroatoms. The summed E-state index contributed by atoms with van der Waals surface area (Å²) >= 11 is 0. The highest BCUT2D eigenvalue weighted by Crippen LogP contribution is 2.25. The van der Waals surface area contributed by atoms with Crippen LogP contribution in [-0.2, 0) is 13.1 Å². The van der Waals surface area contributed by atoms with Gasteiger partial charge in [-0.05, 0) is 37.8 Å². The van der Waals surface area contributed by atoms with Gasteiger partial charge < -0.3 is 15.0 Å². The smallest absolute Gasteiger partial charge is 0.337 e. The van der Waals surface area contributed by atoms with Gasteiger partial charge in [-0.25, -0.2) is 4.79 Å². The van der Waals surface area contributed by atoms with E-state index in [1.54, 1.807) is 0 Å². The third-order valence-electron chi connectivity index (χ3n) is 5.85. The van der Waals surface area contributed by atoms with Crippen molar-refractivity contribution in [3.63, 3.8) is 0 Å². The number of carboxylic acid groups (broad SMARTS) is 1. The summed E-state index contributed by atoms with van der Waals surface area (Å²) in [6.07, 6.45) is 8.06. The van der Waals surface area contributed by atoms with Crippen LogP contribution in [0.2, 0.25) is 0 Å². The monoisotopic (exact) mass is 366 g/mol. The van der Waals surface area contributed by atoms with E-state index in [0.29, 0.717) is 24.7 Å². The molecular weight excluding hydrogens is 336 g/mol. The molecule has 1 saturated carbocycles. The van der Waals surface area contributed by atoms with Crippen LogP contribution in [0.15, 0.2) is 30.8 Å². The van der Waals surface area contributed by atoms with E-state index in [-0.39, 0.29) is 0 Å². The maximum Gasteiger partial charge on any atom is 0.337 e. The third kappa shape index (κ3) is 4.33. The Hall–Kier alpha value is -2.33.